The molecule has 0 bridgehead atoms. The van der Waals surface area contributed by atoms with Crippen molar-refractivity contribution in [1.82, 2.24) is 0 Å². The third-order valence-corrected chi connectivity index (χ3v) is 5.45. The molecule has 2 atom stereocenters. The zero-order valence-electron chi connectivity index (χ0n) is 18.5. The fourth-order valence-electron chi connectivity index (χ4n) is 3.40. The van der Waals surface area contributed by atoms with Crippen LogP contribution in [0.2, 0.25) is 0 Å². The maximum absolute atomic E-state index is 9.61. The lowest BCUT2D eigenvalue weighted by atomic mass is 9.89. The van der Waals surface area contributed by atoms with Gasteiger partial charge in [0, 0.05) is 0 Å². The molecular formula is C24H36N2O2. The fourth-order valence-corrected chi connectivity index (χ4v) is 3.40. The topological polar surface area (TPSA) is 66.0 Å². The molecule has 28 heavy (non-hydrogen) atoms. The first-order valence-corrected chi connectivity index (χ1v) is 10.6. The van der Waals surface area contributed by atoms with E-state index in [1.807, 2.05) is 13.8 Å². The fraction of sp³-hybridized carbons (Fsp3) is 0.667. The van der Waals surface area contributed by atoms with Crippen LogP contribution in [0.4, 0.5) is 0 Å². The molecule has 0 fully saturated rings. The van der Waals surface area contributed by atoms with Crippen LogP contribution in [0.1, 0.15) is 99.6 Å². The highest BCUT2D eigenvalue weighted by Gasteiger charge is 2.21. The van der Waals surface area contributed by atoms with Crippen molar-refractivity contribution in [2.75, 3.05) is 0 Å². The molecule has 0 amide bonds. The minimum atomic E-state index is 0.165. The molecule has 2 unspecified atom stereocenters. The van der Waals surface area contributed by atoms with Crippen LogP contribution in [0.5, 0.6) is 0 Å². The van der Waals surface area contributed by atoms with Gasteiger partial charge in [0.05, 0.1) is 36.5 Å². The highest BCUT2D eigenvalue weighted by atomic mass is 16.5. The predicted octanol–water partition coefficient (Wildman–Crippen LogP) is 6.24. The van der Waals surface area contributed by atoms with E-state index in [9.17, 15) is 10.5 Å². The molecule has 4 heteroatoms. The van der Waals surface area contributed by atoms with Gasteiger partial charge in [0.15, 0.2) is 0 Å². The van der Waals surface area contributed by atoms with Gasteiger partial charge in [0.1, 0.15) is 12.1 Å². The van der Waals surface area contributed by atoms with E-state index in [0.29, 0.717) is 24.3 Å². The smallest absolute Gasteiger partial charge is 0.101 e. The van der Waals surface area contributed by atoms with Crippen molar-refractivity contribution in [3.63, 3.8) is 0 Å². The number of hydrogen-bond acceptors (Lipinski definition) is 4. The molecule has 0 aliphatic carbocycles. The number of ether oxygens (including phenoxy) is 2. The molecule has 0 N–H and O–H groups in total. The molecule has 1 aromatic rings. The third kappa shape index (κ3) is 6.62. The Labute approximate surface area is 171 Å². The van der Waals surface area contributed by atoms with E-state index >= 15 is 0 Å². The second-order valence-corrected chi connectivity index (χ2v) is 7.71. The quantitative estimate of drug-likeness (QED) is 0.428. The summed E-state index contributed by atoms with van der Waals surface area (Å²) in [6.45, 7) is 13.3. The van der Waals surface area contributed by atoms with E-state index in [2.05, 4.69) is 39.8 Å². The molecule has 154 valence electrons. The Kier molecular flexibility index (Phi) is 10.8. The second kappa shape index (κ2) is 12.6. The number of unbranched alkanes of at least 4 members (excludes halogenated alkanes) is 2. The summed E-state index contributed by atoms with van der Waals surface area (Å²) < 4.78 is 12.2. The normalized spacial score (nSPS) is 13.0. The van der Waals surface area contributed by atoms with Crippen LogP contribution in [-0.2, 0) is 22.7 Å². The van der Waals surface area contributed by atoms with Crippen molar-refractivity contribution in [2.24, 2.45) is 0 Å². The molecule has 0 aromatic heterocycles. The Bertz CT molecular complexity index is 652. The van der Waals surface area contributed by atoms with Gasteiger partial charge in [-0.05, 0) is 62.8 Å². The molecule has 0 spiro atoms. The minimum Gasteiger partial charge on any atom is -0.374 e. The van der Waals surface area contributed by atoms with Crippen molar-refractivity contribution in [1.29, 1.82) is 10.5 Å². The zero-order valence-corrected chi connectivity index (χ0v) is 18.5. The van der Waals surface area contributed by atoms with Gasteiger partial charge >= 0.3 is 0 Å². The van der Waals surface area contributed by atoms with Gasteiger partial charge in [-0.2, -0.15) is 10.5 Å². The first-order chi connectivity index (χ1) is 13.4. The van der Waals surface area contributed by atoms with Gasteiger partial charge in [-0.3, -0.25) is 0 Å². The van der Waals surface area contributed by atoms with E-state index in [4.69, 9.17) is 9.47 Å². The number of benzene rings is 1. The SMILES string of the molecule is CCCCC(C)OCc1c(C)c(C#N)c(C#N)c(C)c1COC(C)CCCC. The first-order valence-electron chi connectivity index (χ1n) is 10.6. The molecular weight excluding hydrogens is 348 g/mol. The summed E-state index contributed by atoms with van der Waals surface area (Å²) in [5, 5.41) is 19.2. The van der Waals surface area contributed by atoms with Gasteiger partial charge in [-0.1, -0.05) is 39.5 Å². The predicted molar refractivity (Wildman–Crippen MR) is 113 cm³/mol. The van der Waals surface area contributed by atoms with Crippen LogP contribution in [-0.4, -0.2) is 12.2 Å². The van der Waals surface area contributed by atoms with Gasteiger partial charge < -0.3 is 9.47 Å². The third-order valence-electron chi connectivity index (χ3n) is 5.45. The van der Waals surface area contributed by atoms with Crippen LogP contribution in [0, 0.1) is 36.5 Å². The average Bonchev–Trinajstić information content (AvgIpc) is 2.69. The molecule has 4 nitrogen and oxygen atoms in total. The van der Waals surface area contributed by atoms with Crippen molar-refractivity contribution in [3.05, 3.63) is 33.4 Å². The summed E-state index contributed by atoms with van der Waals surface area (Å²) in [6.07, 6.45) is 6.95. The molecule has 1 rings (SSSR count). The van der Waals surface area contributed by atoms with Gasteiger partial charge in [0.2, 0.25) is 0 Å². The van der Waals surface area contributed by atoms with Crippen LogP contribution < -0.4 is 0 Å². The van der Waals surface area contributed by atoms with Crippen LogP contribution >= 0.6 is 0 Å². The Balaban J connectivity index is 3.17. The van der Waals surface area contributed by atoms with Gasteiger partial charge in [-0.15, -0.1) is 0 Å². The molecule has 0 saturated carbocycles. The van der Waals surface area contributed by atoms with Crippen LogP contribution in [0.15, 0.2) is 0 Å². The molecule has 1 aromatic carbocycles. The molecule has 0 heterocycles. The Hall–Kier alpha value is -1.88. The molecule has 0 saturated heterocycles. The molecule has 0 aliphatic heterocycles. The Morgan fingerprint density at radius 2 is 1.11 bits per heavy atom. The Morgan fingerprint density at radius 1 is 0.750 bits per heavy atom. The lowest BCUT2D eigenvalue weighted by Gasteiger charge is -2.22. The van der Waals surface area contributed by atoms with Crippen molar-refractivity contribution in [3.8, 4) is 12.1 Å². The van der Waals surface area contributed by atoms with Crippen molar-refractivity contribution in [2.45, 2.75) is 105 Å². The van der Waals surface area contributed by atoms with E-state index in [1.165, 1.54) is 0 Å². The van der Waals surface area contributed by atoms with Crippen molar-refractivity contribution >= 4 is 0 Å². The second-order valence-electron chi connectivity index (χ2n) is 7.71. The number of rotatable bonds is 12. The van der Waals surface area contributed by atoms with E-state index in [-0.39, 0.29) is 12.2 Å². The van der Waals surface area contributed by atoms with Crippen LogP contribution in [0.3, 0.4) is 0 Å². The highest BCUT2D eigenvalue weighted by molar-refractivity contribution is 5.60. The summed E-state index contributed by atoms with van der Waals surface area (Å²) in [6, 6.07) is 4.44. The van der Waals surface area contributed by atoms with Gasteiger partial charge in [0.25, 0.3) is 0 Å². The van der Waals surface area contributed by atoms with Crippen molar-refractivity contribution < 1.29 is 9.47 Å². The highest BCUT2D eigenvalue weighted by Crippen LogP contribution is 2.29. The van der Waals surface area contributed by atoms with Gasteiger partial charge in [-0.25, -0.2) is 0 Å². The lowest BCUT2D eigenvalue weighted by molar-refractivity contribution is 0.0348. The summed E-state index contributed by atoms with van der Waals surface area (Å²) in [4.78, 5) is 0. The number of hydrogen-bond donors (Lipinski definition) is 0. The summed E-state index contributed by atoms with van der Waals surface area (Å²) in [5.74, 6) is 0. The summed E-state index contributed by atoms with van der Waals surface area (Å²) in [5.41, 5.74) is 4.60. The Morgan fingerprint density at radius 3 is 1.39 bits per heavy atom. The maximum atomic E-state index is 9.61. The van der Waals surface area contributed by atoms with E-state index in [1.54, 1.807) is 0 Å². The average molecular weight is 385 g/mol. The summed E-state index contributed by atoms with van der Waals surface area (Å²) >= 11 is 0. The maximum Gasteiger partial charge on any atom is 0.101 e. The van der Waals surface area contributed by atoms with E-state index < -0.39 is 0 Å². The minimum absolute atomic E-state index is 0.165. The number of nitrogens with zero attached hydrogens (tertiary/aromatic N) is 2. The lowest BCUT2D eigenvalue weighted by Crippen LogP contribution is -2.15. The number of nitriles is 2. The standard InChI is InChI=1S/C24H36N2O2/c1-7-9-11-17(3)27-15-23-19(5)21(13-25)22(14-26)20(6)24(23)16-28-18(4)12-10-8-2/h17-18H,7-12,15-16H2,1-6H3. The summed E-state index contributed by atoms with van der Waals surface area (Å²) in [7, 11) is 0. The molecule has 0 aliphatic rings. The monoisotopic (exact) mass is 384 g/mol. The zero-order chi connectivity index (χ0) is 21.1. The largest absolute Gasteiger partial charge is 0.374 e. The molecule has 0 radical (unpaired) electrons. The van der Waals surface area contributed by atoms with E-state index in [0.717, 1.165) is 60.8 Å². The first kappa shape index (κ1) is 24.2. The van der Waals surface area contributed by atoms with Crippen LogP contribution in [0.25, 0.3) is 0 Å².